The van der Waals surface area contributed by atoms with Crippen molar-refractivity contribution in [3.05, 3.63) is 30.0 Å². The predicted molar refractivity (Wildman–Crippen MR) is 61.5 cm³/mol. The molecule has 1 aromatic carbocycles. The highest BCUT2D eigenvalue weighted by Gasteiger charge is 2.04. The summed E-state index contributed by atoms with van der Waals surface area (Å²) in [7, 11) is 0. The lowest BCUT2D eigenvalue weighted by Gasteiger charge is -2.05. The van der Waals surface area contributed by atoms with Crippen LogP contribution in [0.5, 0.6) is 0 Å². The average molecular weight is 190 g/mol. The zero-order valence-corrected chi connectivity index (χ0v) is 9.33. The Balaban J connectivity index is 0.000000461. The number of nitrogens with one attached hydrogen (secondary N) is 1. The summed E-state index contributed by atoms with van der Waals surface area (Å²) in [5.74, 6) is 0.550. The second-order valence-electron chi connectivity index (χ2n) is 3.34. The number of aromatic amines is 1. The lowest BCUT2D eigenvalue weighted by Crippen LogP contribution is -1.88. The van der Waals surface area contributed by atoms with E-state index in [0.29, 0.717) is 5.92 Å². The summed E-state index contributed by atoms with van der Waals surface area (Å²) in [5, 5.41) is 8.23. The van der Waals surface area contributed by atoms with Gasteiger partial charge in [0.05, 0.1) is 11.7 Å². The van der Waals surface area contributed by atoms with E-state index < -0.39 is 0 Å². The van der Waals surface area contributed by atoms with Crippen molar-refractivity contribution < 1.29 is 0 Å². The van der Waals surface area contributed by atoms with Gasteiger partial charge in [-0.25, -0.2) is 0 Å². The molecule has 0 aliphatic heterocycles. The van der Waals surface area contributed by atoms with Gasteiger partial charge in [-0.3, -0.25) is 5.10 Å². The molecule has 14 heavy (non-hydrogen) atoms. The lowest BCUT2D eigenvalue weighted by atomic mass is 10.0. The maximum absolute atomic E-state index is 4.02. The fourth-order valence-electron chi connectivity index (χ4n) is 1.47. The van der Waals surface area contributed by atoms with Crippen LogP contribution in [0.3, 0.4) is 0 Å². The van der Waals surface area contributed by atoms with Crippen LogP contribution in [-0.4, -0.2) is 10.2 Å². The van der Waals surface area contributed by atoms with Crippen molar-refractivity contribution in [1.82, 2.24) is 10.2 Å². The summed E-state index contributed by atoms with van der Waals surface area (Å²) in [4.78, 5) is 0. The number of benzene rings is 1. The Morgan fingerprint density at radius 3 is 2.57 bits per heavy atom. The molecule has 0 atom stereocenters. The van der Waals surface area contributed by atoms with Crippen LogP contribution in [0.1, 0.15) is 39.2 Å². The normalized spacial score (nSPS) is 10.1. The van der Waals surface area contributed by atoms with Crippen molar-refractivity contribution in [2.75, 3.05) is 0 Å². The van der Waals surface area contributed by atoms with Gasteiger partial charge in [0.25, 0.3) is 0 Å². The highest BCUT2D eigenvalue weighted by Crippen LogP contribution is 2.22. The summed E-state index contributed by atoms with van der Waals surface area (Å²) < 4.78 is 0. The smallest absolute Gasteiger partial charge is 0.0684 e. The van der Waals surface area contributed by atoms with Crippen LogP contribution in [0.2, 0.25) is 0 Å². The molecular weight excluding hydrogens is 172 g/mol. The summed E-state index contributed by atoms with van der Waals surface area (Å²) in [6, 6.07) is 6.29. The van der Waals surface area contributed by atoms with Gasteiger partial charge in [0, 0.05) is 5.39 Å². The van der Waals surface area contributed by atoms with Crippen molar-refractivity contribution in [3.8, 4) is 0 Å². The minimum Gasteiger partial charge on any atom is -0.278 e. The Hall–Kier alpha value is -1.31. The van der Waals surface area contributed by atoms with Crippen LogP contribution >= 0.6 is 0 Å². The lowest BCUT2D eigenvalue weighted by molar-refractivity contribution is 0.871. The number of H-pyrrole nitrogens is 1. The molecule has 0 radical (unpaired) electrons. The van der Waals surface area contributed by atoms with Gasteiger partial charge in [-0.2, -0.15) is 5.10 Å². The van der Waals surface area contributed by atoms with Gasteiger partial charge < -0.3 is 0 Å². The molecular formula is C12H18N2. The summed E-state index contributed by atoms with van der Waals surface area (Å²) in [5.41, 5.74) is 2.51. The summed E-state index contributed by atoms with van der Waals surface area (Å²) in [6.07, 6.45) is 1.86. The fourth-order valence-corrected chi connectivity index (χ4v) is 1.47. The summed E-state index contributed by atoms with van der Waals surface area (Å²) >= 11 is 0. The molecule has 0 amide bonds. The van der Waals surface area contributed by atoms with E-state index in [2.05, 4.69) is 42.2 Å². The first kappa shape index (κ1) is 10.8. The number of nitrogens with zero attached hydrogens (tertiary/aromatic N) is 1. The van der Waals surface area contributed by atoms with Gasteiger partial charge in [0.2, 0.25) is 0 Å². The maximum Gasteiger partial charge on any atom is 0.0684 e. The van der Waals surface area contributed by atoms with Gasteiger partial charge in [-0.05, 0) is 11.5 Å². The average Bonchev–Trinajstić information content (AvgIpc) is 2.67. The SMILES string of the molecule is CC.CC(C)c1cccc2cn[nH]c12. The van der Waals surface area contributed by atoms with E-state index in [1.807, 2.05) is 20.0 Å². The zero-order chi connectivity index (χ0) is 10.6. The van der Waals surface area contributed by atoms with Crippen LogP contribution in [0.25, 0.3) is 10.9 Å². The molecule has 2 rings (SSSR count). The zero-order valence-electron chi connectivity index (χ0n) is 9.33. The number of rotatable bonds is 1. The Morgan fingerprint density at radius 2 is 1.93 bits per heavy atom. The second-order valence-corrected chi connectivity index (χ2v) is 3.34. The Labute approximate surface area is 85.3 Å². The minimum absolute atomic E-state index is 0.550. The van der Waals surface area contributed by atoms with E-state index in [-0.39, 0.29) is 0 Å². The third kappa shape index (κ3) is 1.95. The monoisotopic (exact) mass is 190 g/mol. The quantitative estimate of drug-likeness (QED) is 0.729. The van der Waals surface area contributed by atoms with Gasteiger partial charge in [0.15, 0.2) is 0 Å². The van der Waals surface area contributed by atoms with Gasteiger partial charge in [0.1, 0.15) is 0 Å². The first-order valence-corrected chi connectivity index (χ1v) is 5.21. The largest absolute Gasteiger partial charge is 0.278 e. The molecule has 2 heteroatoms. The van der Waals surface area contributed by atoms with Crippen LogP contribution in [0.15, 0.2) is 24.4 Å². The molecule has 1 aromatic heterocycles. The second kappa shape index (κ2) is 4.80. The molecule has 2 aromatic rings. The van der Waals surface area contributed by atoms with Crippen molar-refractivity contribution in [2.45, 2.75) is 33.6 Å². The molecule has 0 aliphatic carbocycles. The topological polar surface area (TPSA) is 28.7 Å². The Kier molecular flexibility index (Phi) is 3.69. The fraction of sp³-hybridized carbons (Fsp3) is 0.417. The van der Waals surface area contributed by atoms with Crippen molar-refractivity contribution in [1.29, 1.82) is 0 Å². The van der Waals surface area contributed by atoms with Gasteiger partial charge in [-0.15, -0.1) is 0 Å². The van der Waals surface area contributed by atoms with E-state index in [9.17, 15) is 0 Å². The van der Waals surface area contributed by atoms with E-state index >= 15 is 0 Å². The Bertz CT molecular complexity index is 388. The standard InChI is InChI=1S/C10H12N2.C2H6/c1-7(2)9-5-3-4-8-6-11-12-10(8)9;1-2/h3-7H,1-2H3,(H,11,12);1-2H3. The molecule has 2 nitrogen and oxygen atoms in total. The molecule has 0 bridgehead atoms. The third-order valence-electron chi connectivity index (χ3n) is 2.13. The van der Waals surface area contributed by atoms with E-state index in [1.54, 1.807) is 0 Å². The predicted octanol–water partition coefficient (Wildman–Crippen LogP) is 3.71. The van der Waals surface area contributed by atoms with E-state index in [0.717, 1.165) is 0 Å². The van der Waals surface area contributed by atoms with Crippen molar-refractivity contribution in [2.24, 2.45) is 0 Å². The highest BCUT2D eigenvalue weighted by atomic mass is 15.1. The number of hydrogen-bond acceptors (Lipinski definition) is 1. The molecule has 0 unspecified atom stereocenters. The molecule has 1 N–H and O–H groups in total. The molecule has 0 saturated carbocycles. The van der Waals surface area contributed by atoms with Crippen LogP contribution in [0.4, 0.5) is 0 Å². The van der Waals surface area contributed by atoms with Crippen LogP contribution < -0.4 is 0 Å². The third-order valence-corrected chi connectivity index (χ3v) is 2.13. The van der Waals surface area contributed by atoms with Crippen molar-refractivity contribution in [3.63, 3.8) is 0 Å². The number of para-hydroxylation sites is 1. The van der Waals surface area contributed by atoms with E-state index in [1.165, 1.54) is 16.5 Å². The van der Waals surface area contributed by atoms with E-state index in [4.69, 9.17) is 0 Å². The number of hydrogen-bond donors (Lipinski definition) is 1. The minimum atomic E-state index is 0.550. The Morgan fingerprint density at radius 1 is 1.21 bits per heavy atom. The molecule has 76 valence electrons. The summed E-state index contributed by atoms with van der Waals surface area (Å²) in [6.45, 7) is 8.38. The highest BCUT2D eigenvalue weighted by molar-refractivity contribution is 5.81. The number of fused-ring (bicyclic) bond motifs is 1. The molecule has 1 heterocycles. The molecule has 0 saturated heterocycles. The van der Waals surface area contributed by atoms with Crippen LogP contribution in [0, 0.1) is 0 Å². The first-order valence-electron chi connectivity index (χ1n) is 5.21. The van der Waals surface area contributed by atoms with Gasteiger partial charge >= 0.3 is 0 Å². The maximum atomic E-state index is 4.02. The first-order chi connectivity index (χ1) is 6.79. The van der Waals surface area contributed by atoms with Crippen LogP contribution in [-0.2, 0) is 0 Å². The van der Waals surface area contributed by atoms with Crippen molar-refractivity contribution >= 4 is 10.9 Å². The van der Waals surface area contributed by atoms with Gasteiger partial charge in [-0.1, -0.05) is 45.9 Å². The molecule has 0 fully saturated rings. The molecule has 0 aliphatic rings. The number of aromatic nitrogens is 2. The molecule has 0 spiro atoms.